The number of aromatic nitrogens is 2. The van der Waals surface area contributed by atoms with E-state index in [1.165, 1.54) is 17.2 Å². The molecule has 2 saturated heterocycles. The fourth-order valence-electron chi connectivity index (χ4n) is 7.49. The molecule has 2 atom stereocenters. The van der Waals surface area contributed by atoms with Crippen LogP contribution in [-0.4, -0.2) is 118 Å². The first kappa shape index (κ1) is 36.2. The van der Waals surface area contributed by atoms with E-state index in [1.807, 2.05) is 30.3 Å². The Morgan fingerprint density at radius 2 is 1.59 bits per heavy atom. The van der Waals surface area contributed by atoms with Gasteiger partial charge in [-0.25, -0.2) is 9.48 Å². The van der Waals surface area contributed by atoms with Gasteiger partial charge in [-0.2, -0.15) is 5.10 Å². The fourth-order valence-corrected chi connectivity index (χ4v) is 7.49. The number of carbonyl (C=O) groups excluding carboxylic acids is 5. The number of hydrogen-bond acceptors (Lipinski definition) is 8. The second-order valence-electron chi connectivity index (χ2n) is 14.1. The average molecular weight is 706 g/mol. The van der Waals surface area contributed by atoms with Crippen molar-refractivity contribution in [2.75, 3.05) is 45.9 Å². The Balaban J connectivity index is 1.15. The van der Waals surface area contributed by atoms with Crippen LogP contribution >= 0.6 is 0 Å². The number of hydrogen-bond donors (Lipinski definition) is 2. The summed E-state index contributed by atoms with van der Waals surface area (Å²) in [4.78, 5) is 71.3. The van der Waals surface area contributed by atoms with Crippen LogP contribution in [0.3, 0.4) is 0 Å². The van der Waals surface area contributed by atoms with Gasteiger partial charge in [0.15, 0.2) is 12.3 Å². The highest BCUT2D eigenvalue weighted by molar-refractivity contribution is 5.96. The predicted octanol–water partition coefficient (Wildman–Crippen LogP) is 3.28. The molecule has 51 heavy (non-hydrogen) atoms. The molecule has 14 heteroatoms. The van der Waals surface area contributed by atoms with Crippen LogP contribution in [0.25, 0.3) is 5.69 Å². The van der Waals surface area contributed by atoms with Crippen LogP contribution < -0.4 is 15.4 Å². The molecule has 4 fully saturated rings. The maximum Gasteiger partial charge on any atom is 0.409 e. The molecule has 6 rings (SSSR count). The number of rotatable bonds is 12. The minimum absolute atomic E-state index is 0.0498. The van der Waals surface area contributed by atoms with E-state index in [0.29, 0.717) is 57.2 Å². The number of likely N-dealkylation sites (tertiary alicyclic amines) is 1. The summed E-state index contributed by atoms with van der Waals surface area (Å²) < 4.78 is 12.6. The van der Waals surface area contributed by atoms with Gasteiger partial charge in [0.25, 0.3) is 11.8 Å². The van der Waals surface area contributed by atoms with Gasteiger partial charge in [-0.05, 0) is 63.5 Å². The summed E-state index contributed by atoms with van der Waals surface area (Å²) in [6.45, 7) is 3.62. The van der Waals surface area contributed by atoms with Crippen LogP contribution in [0.2, 0.25) is 0 Å². The summed E-state index contributed by atoms with van der Waals surface area (Å²) in [5.41, 5.74) is 0.682. The Morgan fingerprint density at radius 1 is 0.863 bits per heavy atom. The number of benzene rings is 1. The molecule has 14 nitrogen and oxygen atoms in total. The van der Waals surface area contributed by atoms with E-state index in [2.05, 4.69) is 15.7 Å². The minimum Gasteiger partial charge on any atom is -0.467 e. The normalized spacial score (nSPS) is 20.3. The van der Waals surface area contributed by atoms with Crippen molar-refractivity contribution in [2.45, 2.75) is 95.7 Å². The number of nitrogens with one attached hydrogen (secondary N) is 2. The van der Waals surface area contributed by atoms with Gasteiger partial charge in [0.05, 0.1) is 12.3 Å². The topological polar surface area (TPSA) is 155 Å². The Bertz CT molecular complexity index is 1530. The fraction of sp³-hybridized carbons (Fsp3) is 0.622. The smallest absolute Gasteiger partial charge is 0.409 e. The van der Waals surface area contributed by atoms with Crippen LogP contribution in [-0.2, 0) is 19.1 Å². The van der Waals surface area contributed by atoms with Crippen molar-refractivity contribution in [3.8, 4) is 11.6 Å². The van der Waals surface area contributed by atoms with Crippen LogP contribution in [0.5, 0.6) is 5.88 Å². The Kier molecular flexibility index (Phi) is 12.1. The third kappa shape index (κ3) is 9.01. The maximum absolute atomic E-state index is 13.9. The van der Waals surface area contributed by atoms with Crippen molar-refractivity contribution in [3.63, 3.8) is 0 Å². The highest BCUT2D eigenvalue weighted by Gasteiger charge is 2.37. The molecule has 3 heterocycles. The molecule has 0 bridgehead atoms. The number of nitrogens with zero attached hydrogens (tertiary/aromatic N) is 5. The number of para-hydroxylation sites is 1. The molecule has 2 aliphatic heterocycles. The lowest BCUT2D eigenvalue weighted by Crippen LogP contribution is -2.56. The second kappa shape index (κ2) is 17.1. The van der Waals surface area contributed by atoms with E-state index in [9.17, 15) is 24.0 Å². The van der Waals surface area contributed by atoms with Crippen molar-refractivity contribution in [3.05, 3.63) is 42.1 Å². The lowest BCUT2D eigenvalue weighted by Gasteiger charge is -2.36. The quantitative estimate of drug-likeness (QED) is 0.341. The molecule has 4 aliphatic rings. The molecular weight excluding hydrogens is 654 g/mol. The summed E-state index contributed by atoms with van der Waals surface area (Å²) in [5.74, 6) is -0.618. The van der Waals surface area contributed by atoms with Crippen molar-refractivity contribution in [1.82, 2.24) is 35.1 Å². The molecule has 2 aliphatic carbocycles. The van der Waals surface area contributed by atoms with Crippen LogP contribution in [0.4, 0.5) is 4.79 Å². The first-order valence-electron chi connectivity index (χ1n) is 18.7. The summed E-state index contributed by atoms with van der Waals surface area (Å²) in [6, 6.07) is 9.56. The zero-order chi connectivity index (χ0) is 35.7. The molecule has 2 unspecified atom stereocenters. The molecule has 1 aromatic carbocycles. The van der Waals surface area contributed by atoms with Gasteiger partial charge in [0, 0.05) is 44.8 Å². The average Bonchev–Trinajstić information content (AvgIpc) is 3.81. The lowest BCUT2D eigenvalue weighted by atomic mass is 9.84. The first-order chi connectivity index (χ1) is 24.8. The van der Waals surface area contributed by atoms with E-state index in [1.54, 1.807) is 21.6 Å². The number of amides is 5. The van der Waals surface area contributed by atoms with Gasteiger partial charge in [-0.15, -0.1) is 0 Å². The van der Waals surface area contributed by atoms with Crippen LogP contribution in [0.1, 0.15) is 88.0 Å². The molecular formula is C37H51N7O7. The lowest BCUT2D eigenvalue weighted by molar-refractivity contribution is -0.140. The zero-order valence-corrected chi connectivity index (χ0v) is 29.6. The van der Waals surface area contributed by atoms with Crippen LogP contribution in [0.15, 0.2) is 36.4 Å². The molecule has 1 aromatic heterocycles. The van der Waals surface area contributed by atoms with Gasteiger partial charge < -0.3 is 34.8 Å². The first-order valence-corrected chi connectivity index (χ1v) is 18.7. The summed E-state index contributed by atoms with van der Waals surface area (Å²) in [5, 5.41) is 10.6. The van der Waals surface area contributed by atoms with Gasteiger partial charge in [0.1, 0.15) is 12.1 Å². The minimum atomic E-state index is -0.763. The van der Waals surface area contributed by atoms with Crippen molar-refractivity contribution < 1.29 is 33.4 Å². The highest BCUT2D eigenvalue weighted by atomic mass is 16.6. The van der Waals surface area contributed by atoms with Crippen molar-refractivity contribution >= 4 is 29.7 Å². The molecule has 0 radical (unpaired) electrons. The highest BCUT2D eigenvalue weighted by Crippen LogP contribution is 2.29. The Hall–Kier alpha value is -4.62. The third-order valence-electron chi connectivity index (χ3n) is 10.6. The number of piperazine rings is 1. The van der Waals surface area contributed by atoms with Gasteiger partial charge >= 0.3 is 6.09 Å². The maximum atomic E-state index is 13.9. The van der Waals surface area contributed by atoms with Crippen molar-refractivity contribution in [2.24, 2.45) is 5.92 Å². The van der Waals surface area contributed by atoms with E-state index in [-0.39, 0.29) is 54.6 Å². The Labute approximate surface area is 299 Å². The summed E-state index contributed by atoms with van der Waals surface area (Å²) >= 11 is 0. The van der Waals surface area contributed by atoms with Gasteiger partial charge in [-0.1, -0.05) is 50.3 Å². The van der Waals surface area contributed by atoms with Crippen LogP contribution in [0, 0.1) is 5.92 Å². The number of carbonyl (C=O) groups is 5. The monoisotopic (exact) mass is 705 g/mol. The second-order valence-corrected chi connectivity index (χ2v) is 14.1. The summed E-state index contributed by atoms with van der Waals surface area (Å²) in [6.07, 6.45) is 9.91. The van der Waals surface area contributed by atoms with Gasteiger partial charge in [0.2, 0.25) is 17.7 Å². The molecule has 2 saturated carbocycles. The number of ether oxygens (including phenoxy) is 2. The molecule has 5 amide bonds. The van der Waals surface area contributed by atoms with E-state index >= 15 is 0 Å². The standard InChI is InChI=1S/C37H51N7O7/c1-2-50-37(49)42-21-19-41(20-22-42)36(48)30(23-26-11-5-3-6-12-26)39-34(46)29-24-33(44(40-29)28-15-7-4-8-16-28)51-25-32(45)43-18-10-17-31(43)35(47)38-27-13-9-14-27/h4,7-8,15-16,24,26-27,30-31H,2-3,5-6,9-14,17-23,25H2,1H3,(H,38,47)(H,39,46). The Morgan fingerprint density at radius 3 is 2.27 bits per heavy atom. The van der Waals surface area contributed by atoms with E-state index < -0.39 is 18.0 Å². The molecule has 2 aromatic rings. The zero-order valence-electron chi connectivity index (χ0n) is 29.6. The molecule has 0 spiro atoms. The van der Waals surface area contributed by atoms with E-state index in [0.717, 1.165) is 51.4 Å². The third-order valence-corrected chi connectivity index (χ3v) is 10.6. The largest absolute Gasteiger partial charge is 0.467 e. The van der Waals surface area contributed by atoms with Gasteiger partial charge in [-0.3, -0.25) is 19.2 Å². The predicted molar refractivity (Wildman–Crippen MR) is 187 cm³/mol. The van der Waals surface area contributed by atoms with Crippen molar-refractivity contribution in [1.29, 1.82) is 0 Å². The van der Waals surface area contributed by atoms with E-state index in [4.69, 9.17) is 9.47 Å². The summed E-state index contributed by atoms with van der Waals surface area (Å²) in [7, 11) is 0. The molecule has 2 N–H and O–H groups in total. The molecule has 276 valence electrons. The SMILES string of the molecule is CCOC(=O)N1CCN(C(=O)C(CC2CCCCC2)NC(=O)c2cc(OCC(=O)N3CCCC3C(=O)NC3CCC3)n(-c3ccccc3)n2)CC1.